The van der Waals surface area contributed by atoms with E-state index >= 15 is 0 Å². The molecule has 0 aliphatic heterocycles. The quantitative estimate of drug-likeness (QED) is 0.783. The lowest BCUT2D eigenvalue weighted by molar-refractivity contribution is 0.0357. The summed E-state index contributed by atoms with van der Waals surface area (Å²) in [5.74, 6) is 0.686. The number of hydrogen-bond acceptors (Lipinski definition) is 5. The second kappa shape index (κ2) is 5.93. The second-order valence-electron chi connectivity index (χ2n) is 4.52. The third-order valence-electron chi connectivity index (χ3n) is 2.69. The van der Waals surface area contributed by atoms with Crippen LogP contribution < -0.4 is 5.32 Å². The fourth-order valence-corrected chi connectivity index (χ4v) is 1.32. The minimum absolute atomic E-state index is 0.424. The molecule has 0 spiro atoms. The van der Waals surface area contributed by atoms with Crippen LogP contribution in [0.3, 0.4) is 0 Å². The molecule has 0 bridgehead atoms. The molecule has 0 saturated heterocycles. The Hall–Kier alpha value is -1.20. The third-order valence-corrected chi connectivity index (χ3v) is 2.69. The summed E-state index contributed by atoms with van der Waals surface area (Å²) in [5, 5.41) is 13.1. The minimum atomic E-state index is -0.809. The summed E-state index contributed by atoms with van der Waals surface area (Å²) in [6.45, 7) is 6.56. The van der Waals surface area contributed by atoms with Crippen LogP contribution in [-0.2, 0) is 4.74 Å². The van der Waals surface area contributed by atoms with Gasteiger partial charge in [-0.05, 0) is 20.8 Å². The van der Waals surface area contributed by atoms with Crippen molar-refractivity contribution < 1.29 is 9.84 Å². The third kappa shape index (κ3) is 4.66. The molecule has 0 fully saturated rings. The standard InChI is InChI=1S/C12H21N3O2/c1-9-10(2)15-11(7-13-9)14-8-12(3,16)5-6-17-4/h7,16H,5-6,8H2,1-4H3,(H,14,15). The Morgan fingerprint density at radius 3 is 2.71 bits per heavy atom. The molecule has 1 unspecified atom stereocenters. The van der Waals surface area contributed by atoms with Gasteiger partial charge in [0, 0.05) is 26.7 Å². The summed E-state index contributed by atoms with van der Waals surface area (Å²) in [6, 6.07) is 0. The number of aliphatic hydroxyl groups is 1. The number of nitrogens with one attached hydrogen (secondary N) is 1. The summed E-state index contributed by atoms with van der Waals surface area (Å²) in [7, 11) is 1.62. The molecule has 17 heavy (non-hydrogen) atoms. The molecule has 0 aliphatic rings. The topological polar surface area (TPSA) is 67.3 Å². The summed E-state index contributed by atoms with van der Waals surface area (Å²) < 4.78 is 4.95. The number of aryl methyl sites for hydroxylation is 2. The maximum absolute atomic E-state index is 10.0. The molecule has 0 radical (unpaired) electrons. The molecule has 1 aromatic heterocycles. The number of ether oxygens (including phenoxy) is 1. The Labute approximate surface area is 102 Å². The first-order valence-electron chi connectivity index (χ1n) is 5.70. The van der Waals surface area contributed by atoms with Gasteiger partial charge in [-0.15, -0.1) is 0 Å². The van der Waals surface area contributed by atoms with E-state index in [-0.39, 0.29) is 0 Å². The number of rotatable bonds is 6. The van der Waals surface area contributed by atoms with Gasteiger partial charge in [-0.1, -0.05) is 0 Å². The van der Waals surface area contributed by atoms with Crippen LogP contribution in [0, 0.1) is 13.8 Å². The van der Waals surface area contributed by atoms with E-state index < -0.39 is 5.60 Å². The average Bonchev–Trinajstić information content (AvgIpc) is 2.28. The zero-order valence-corrected chi connectivity index (χ0v) is 10.9. The van der Waals surface area contributed by atoms with Crippen molar-refractivity contribution in [1.29, 1.82) is 0 Å². The van der Waals surface area contributed by atoms with Crippen molar-refractivity contribution in [2.24, 2.45) is 0 Å². The lowest BCUT2D eigenvalue weighted by Crippen LogP contribution is -2.34. The number of aromatic nitrogens is 2. The summed E-state index contributed by atoms with van der Waals surface area (Å²) in [6.07, 6.45) is 2.25. The van der Waals surface area contributed by atoms with Crippen molar-refractivity contribution >= 4 is 5.82 Å². The molecule has 1 heterocycles. The molecule has 2 N–H and O–H groups in total. The van der Waals surface area contributed by atoms with Gasteiger partial charge in [0.25, 0.3) is 0 Å². The fraction of sp³-hybridized carbons (Fsp3) is 0.667. The highest BCUT2D eigenvalue weighted by Gasteiger charge is 2.19. The van der Waals surface area contributed by atoms with Gasteiger partial charge in [0.15, 0.2) is 0 Å². The molecule has 1 aromatic rings. The van der Waals surface area contributed by atoms with Gasteiger partial charge in [-0.3, -0.25) is 4.98 Å². The van der Waals surface area contributed by atoms with Crippen LogP contribution in [0.15, 0.2) is 6.20 Å². The first-order valence-corrected chi connectivity index (χ1v) is 5.70. The molecule has 1 atom stereocenters. The fourth-order valence-electron chi connectivity index (χ4n) is 1.32. The normalized spacial score (nSPS) is 14.4. The molecular formula is C12H21N3O2. The van der Waals surface area contributed by atoms with Crippen LogP contribution in [0.25, 0.3) is 0 Å². The van der Waals surface area contributed by atoms with E-state index in [1.165, 1.54) is 0 Å². The van der Waals surface area contributed by atoms with Crippen molar-refractivity contribution in [1.82, 2.24) is 9.97 Å². The van der Waals surface area contributed by atoms with Crippen molar-refractivity contribution in [3.05, 3.63) is 17.6 Å². The Balaban J connectivity index is 2.51. The summed E-state index contributed by atoms with van der Waals surface area (Å²) in [4.78, 5) is 8.55. The maximum Gasteiger partial charge on any atom is 0.144 e. The number of hydrogen-bond donors (Lipinski definition) is 2. The molecule has 0 saturated carbocycles. The van der Waals surface area contributed by atoms with Crippen LogP contribution in [0.2, 0.25) is 0 Å². The Kier molecular flexibility index (Phi) is 4.84. The predicted octanol–water partition coefficient (Wildman–Crippen LogP) is 1.29. The molecule has 5 nitrogen and oxygen atoms in total. The predicted molar refractivity (Wildman–Crippen MR) is 67.1 cm³/mol. The van der Waals surface area contributed by atoms with E-state index in [0.29, 0.717) is 25.4 Å². The van der Waals surface area contributed by atoms with Crippen molar-refractivity contribution in [2.75, 3.05) is 25.6 Å². The van der Waals surface area contributed by atoms with Crippen molar-refractivity contribution in [3.63, 3.8) is 0 Å². The van der Waals surface area contributed by atoms with E-state index in [1.54, 1.807) is 20.2 Å². The Bertz CT molecular complexity index is 367. The molecule has 0 amide bonds. The van der Waals surface area contributed by atoms with Crippen molar-refractivity contribution in [2.45, 2.75) is 32.8 Å². The van der Waals surface area contributed by atoms with Crippen LogP contribution in [0.5, 0.6) is 0 Å². The molecular weight excluding hydrogens is 218 g/mol. The largest absolute Gasteiger partial charge is 0.388 e. The highest BCUT2D eigenvalue weighted by atomic mass is 16.5. The maximum atomic E-state index is 10.0. The van der Waals surface area contributed by atoms with Gasteiger partial charge in [0.1, 0.15) is 5.82 Å². The highest BCUT2D eigenvalue weighted by Crippen LogP contribution is 2.12. The summed E-state index contributed by atoms with van der Waals surface area (Å²) >= 11 is 0. The van der Waals surface area contributed by atoms with E-state index in [0.717, 1.165) is 11.4 Å². The number of anilines is 1. The first-order chi connectivity index (χ1) is 7.94. The average molecular weight is 239 g/mol. The van der Waals surface area contributed by atoms with Crippen molar-refractivity contribution in [3.8, 4) is 0 Å². The van der Waals surface area contributed by atoms with Gasteiger partial charge < -0.3 is 15.2 Å². The van der Waals surface area contributed by atoms with E-state index in [2.05, 4.69) is 15.3 Å². The lowest BCUT2D eigenvalue weighted by atomic mass is 10.0. The zero-order valence-electron chi connectivity index (χ0n) is 10.9. The SMILES string of the molecule is COCCC(C)(O)CNc1cnc(C)c(C)n1. The smallest absolute Gasteiger partial charge is 0.144 e. The van der Waals surface area contributed by atoms with Gasteiger partial charge in [0.05, 0.1) is 23.2 Å². The molecule has 5 heteroatoms. The van der Waals surface area contributed by atoms with E-state index in [4.69, 9.17) is 4.74 Å². The number of nitrogens with zero attached hydrogens (tertiary/aromatic N) is 2. The highest BCUT2D eigenvalue weighted by molar-refractivity contribution is 5.33. The Morgan fingerprint density at radius 2 is 2.12 bits per heavy atom. The molecule has 0 aromatic carbocycles. The molecule has 1 rings (SSSR count). The van der Waals surface area contributed by atoms with E-state index in [1.807, 2.05) is 13.8 Å². The van der Waals surface area contributed by atoms with Gasteiger partial charge >= 0.3 is 0 Å². The van der Waals surface area contributed by atoms with Crippen LogP contribution >= 0.6 is 0 Å². The van der Waals surface area contributed by atoms with Crippen LogP contribution in [-0.4, -0.2) is 40.9 Å². The van der Waals surface area contributed by atoms with Gasteiger partial charge in [-0.2, -0.15) is 0 Å². The van der Waals surface area contributed by atoms with Crippen LogP contribution in [0.4, 0.5) is 5.82 Å². The molecule has 96 valence electrons. The summed E-state index contributed by atoms with van der Waals surface area (Å²) in [5.41, 5.74) is 1.00. The zero-order chi connectivity index (χ0) is 12.9. The second-order valence-corrected chi connectivity index (χ2v) is 4.52. The number of methoxy groups -OCH3 is 1. The Morgan fingerprint density at radius 1 is 1.41 bits per heavy atom. The van der Waals surface area contributed by atoms with E-state index in [9.17, 15) is 5.11 Å². The molecule has 0 aliphatic carbocycles. The van der Waals surface area contributed by atoms with Gasteiger partial charge in [0.2, 0.25) is 0 Å². The minimum Gasteiger partial charge on any atom is -0.388 e. The lowest BCUT2D eigenvalue weighted by Gasteiger charge is -2.23. The van der Waals surface area contributed by atoms with Gasteiger partial charge in [-0.25, -0.2) is 4.98 Å². The monoisotopic (exact) mass is 239 g/mol. The van der Waals surface area contributed by atoms with Crippen LogP contribution in [0.1, 0.15) is 24.7 Å². The first kappa shape index (κ1) is 13.9.